The number of amides is 1. The number of aryl methyl sites for hydroxylation is 2. The predicted octanol–water partition coefficient (Wildman–Crippen LogP) is 3.59. The highest BCUT2D eigenvalue weighted by atomic mass is 32.1. The summed E-state index contributed by atoms with van der Waals surface area (Å²) in [4.78, 5) is 17.4. The third-order valence-electron chi connectivity index (χ3n) is 4.02. The number of thiophene rings is 1. The molecule has 0 aliphatic rings. The van der Waals surface area contributed by atoms with Gasteiger partial charge in [0.2, 0.25) is 5.91 Å². The molecule has 0 fully saturated rings. The summed E-state index contributed by atoms with van der Waals surface area (Å²) in [5.41, 5.74) is 2.44. The lowest BCUT2D eigenvalue weighted by Crippen LogP contribution is -2.29. The number of nitrogens with one attached hydrogen (secondary N) is 1. The minimum Gasteiger partial charge on any atom is -0.344 e. The smallest absolute Gasteiger partial charge is 0.222 e. The highest BCUT2D eigenvalue weighted by molar-refractivity contribution is 7.10. The van der Waals surface area contributed by atoms with Gasteiger partial charge in [-0.3, -0.25) is 9.48 Å². The Bertz CT molecular complexity index is 766. The number of carbonyl (C=O) groups excluding carboxylic acids is 1. The molecule has 3 aromatic rings. The standard InChI is InChI=1S/C19H22N4OS/c1-2-4-15-6-8-16(9-7-15)19(17-5-3-12-25-17)22-18(24)10-11-23-14-20-13-21-23/h3,5-9,12-14,19H,2,4,10-11H2,1H3,(H,22,24). The Balaban J connectivity index is 1.70. The molecule has 0 aliphatic heterocycles. The third-order valence-corrected chi connectivity index (χ3v) is 4.96. The topological polar surface area (TPSA) is 59.8 Å². The molecule has 6 heteroatoms. The van der Waals surface area contributed by atoms with Crippen LogP contribution in [0.25, 0.3) is 0 Å². The van der Waals surface area contributed by atoms with Gasteiger partial charge in [0.15, 0.2) is 0 Å². The summed E-state index contributed by atoms with van der Waals surface area (Å²) >= 11 is 1.66. The number of hydrogen-bond donors (Lipinski definition) is 1. The summed E-state index contributed by atoms with van der Waals surface area (Å²) in [7, 11) is 0. The highest BCUT2D eigenvalue weighted by Gasteiger charge is 2.18. The minimum absolute atomic E-state index is 0.00605. The second kappa shape index (κ2) is 8.58. The van der Waals surface area contributed by atoms with E-state index in [0.29, 0.717) is 13.0 Å². The first-order valence-corrected chi connectivity index (χ1v) is 9.38. The van der Waals surface area contributed by atoms with E-state index in [1.165, 1.54) is 11.9 Å². The van der Waals surface area contributed by atoms with Crippen molar-refractivity contribution in [3.05, 3.63) is 70.4 Å². The Kier molecular flexibility index (Phi) is 5.95. The average Bonchev–Trinajstić information content (AvgIpc) is 3.33. The fraction of sp³-hybridized carbons (Fsp3) is 0.316. The summed E-state index contributed by atoms with van der Waals surface area (Å²) in [6.07, 6.45) is 5.68. The van der Waals surface area contributed by atoms with Crippen molar-refractivity contribution >= 4 is 17.2 Å². The van der Waals surface area contributed by atoms with Crippen LogP contribution in [0.15, 0.2) is 54.4 Å². The Morgan fingerprint density at radius 1 is 1.28 bits per heavy atom. The van der Waals surface area contributed by atoms with Crippen LogP contribution < -0.4 is 5.32 Å². The molecular weight excluding hydrogens is 332 g/mol. The minimum atomic E-state index is -0.112. The first kappa shape index (κ1) is 17.4. The molecule has 0 saturated heterocycles. The first-order valence-electron chi connectivity index (χ1n) is 8.50. The molecule has 0 aliphatic carbocycles. The third kappa shape index (κ3) is 4.76. The van der Waals surface area contributed by atoms with Gasteiger partial charge in [-0.1, -0.05) is 43.7 Å². The number of benzene rings is 1. The van der Waals surface area contributed by atoms with E-state index in [-0.39, 0.29) is 11.9 Å². The molecule has 2 aromatic heterocycles. The van der Waals surface area contributed by atoms with E-state index in [9.17, 15) is 4.79 Å². The quantitative estimate of drug-likeness (QED) is 0.672. The van der Waals surface area contributed by atoms with Crippen molar-refractivity contribution in [2.24, 2.45) is 0 Å². The predicted molar refractivity (Wildman–Crippen MR) is 99.4 cm³/mol. The van der Waals surface area contributed by atoms with E-state index >= 15 is 0 Å². The van der Waals surface area contributed by atoms with Crippen LogP contribution in [0.4, 0.5) is 0 Å². The molecule has 1 N–H and O–H groups in total. The Hall–Kier alpha value is -2.47. The van der Waals surface area contributed by atoms with Crippen molar-refractivity contribution in [1.82, 2.24) is 20.1 Å². The molecule has 1 unspecified atom stereocenters. The molecule has 25 heavy (non-hydrogen) atoms. The molecule has 0 spiro atoms. The van der Waals surface area contributed by atoms with Gasteiger partial charge in [0.25, 0.3) is 0 Å². The van der Waals surface area contributed by atoms with E-state index in [1.54, 1.807) is 22.3 Å². The molecule has 0 saturated carbocycles. The summed E-state index contributed by atoms with van der Waals surface area (Å²) < 4.78 is 1.67. The fourth-order valence-corrected chi connectivity index (χ4v) is 3.54. The lowest BCUT2D eigenvalue weighted by molar-refractivity contribution is -0.121. The van der Waals surface area contributed by atoms with E-state index in [4.69, 9.17) is 0 Å². The number of carbonyl (C=O) groups is 1. The number of nitrogens with zero attached hydrogens (tertiary/aromatic N) is 3. The number of rotatable bonds is 8. The molecule has 1 aromatic carbocycles. The van der Waals surface area contributed by atoms with E-state index in [1.807, 2.05) is 11.4 Å². The van der Waals surface area contributed by atoms with Crippen LogP contribution >= 0.6 is 11.3 Å². The maximum Gasteiger partial charge on any atom is 0.222 e. The molecule has 1 amide bonds. The van der Waals surface area contributed by atoms with Crippen LogP contribution in [0.5, 0.6) is 0 Å². The largest absolute Gasteiger partial charge is 0.344 e. The maximum atomic E-state index is 12.4. The van der Waals surface area contributed by atoms with Gasteiger partial charge >= 0.3 is 0 Å². The molecule has 3 rings (SSSR count). The van der Waals surface area contributed by atoms with Gasteiger partial charge in [-0.2, -0.15) is 5.10 Å². The van der Waals surface area contributed by atoms with Crippen LogP contribution in [0.1, 0.15) is 41.8 Å². The normalized spacial score (nSPS) is 12.0. The number of aromatic nitrogens is 3. The van der Waals surface area contributed by atoms with Crippen LogP contribution in [0.2, 0.25) is 0 Å². The summed E-state index contributed by atoms with van der Waals surface area (Å²) in [5, 5.41) is 9.23. The van der Waals surface area contributed by atoms with Gasteiger partial charge in [0, 0.05) is 11.3 Å². The van der Waals surface area contributed by atoms with Crippen molar-refractivity contribution in [2.45, 2.75) is 38.8 Å². The summed E-state index contributed by atoms with van der Waals surface area (Å²) in [5.74, 6) is 0.00605. The molecule has 5 nitrogen and oxygen atoms in total. The maximum absolute atomic E-state index is 12.4. The summed E-state index contributed by atoms with van der Waals surface area (Å²) in [6, 6.07) is 12.5. The van der Waals surface area contributed by atoms with Crippen molar-refractivity contribution in [2.75, 3.05) is 0 Å². The van der Waals surface area contributed by atoms with Gasteiger partial charge in [-0.25, -0.2) is 4.98 Å². The molecule has 2 heterocycles. The van der Waals surface area contributed by atoms with Crippen LogP contribution in [0.3, 0.4) is 0 Å². The number of hydrogen-bond acceptors (Lipinski definition) is 4. The Labute approximate surface area is 151 Å². The van der Waals surface area contributed by atoms with Gasteiger partial charge in [0.1, 0.15) is 12.7 Å². The van der Waals surface area contributed by atoms with E-state index in [2.05, 4.69) is 52.7 Å². The van der Waals surface area contributed by atoms with Crippen molar-refractivity contribution in [3.63, 3.8) is 0 Å². The molecule has 1 atom stereocenters. The highest BCUT2D eigenvalue weighted by Crippen LogP contribution is 2.26. The Morgan fingerprint density at radius 2 is 2.12 bits per heavy atom. The zero-order valence-corrected chi connectivity index (χ0v) is 15.1. The van der Waals surface area contributed by atoms with Crippen molar-refractivity contribution < 1.29 is 4.79 Å². The van der Waals surface area contributed by atoms with E-state index in [0.717, 1.165) is 23.3 Å². The zero-order chi connectivity index (χ0) is 17.5. The SMILES string of the molecule is CCCc1ccc(C(NC(=O)CCn2cncn2)c2cccs2)cc1. The second-order valence-corrected chi connectivity index (χ2v) is 6.90. The first-order chi connectivity index (χ1) is 12.3. The second-order valence-electron chi connectivity index (χ2n) is 5.92. The summed E-state index contributed by atoms with van der Waals surface area (Å²) in [6.45, 7) is 2.70. The van der Waals surface area contributed by atoms with Crippen molar-refractivity contribution in [1.29, 1.82) is 0 Å². The van der Waals surface area contributed by atoms with Gasteiger partial charge in [0.05, 0.1) is 12.6 Å². The van der Waals surface area contributed by atoms with Crippen molar-refractivity contribution in [3.8, 4) is 0 Å². The van der Waals surface area contributed by atoms with Crippen LogP contribution in [0, 0.1) is 0 Å². The van der Waals surface area contributed by atoms with Gasteiger partial charge in [-0.15, -0.1) is 11.3 Å². The van der Waals surface area contributed by atoms with E-state index < -0.39 is 0 Å². The molecule has 0 bridgehead atoms. The molecule has 0 radical (unpaired) electrons. The Morgan fingerprint density at radius 3 is 2.76 bits per heavy atom. The lowest BCUT2D eigenvalue weighted by atomic mass is 10.0. The molecule has 130 valence electrons. The molecular formula is C19H22N4OS. The van der Waals surface area contributed by atoms with Gasteiger partial charge in [-0.05, 0) is 29.0 Å². The zero-order valence-electron chi connectivity index (χ0n) is 14.3. The van der Waals surface area contributed by atoms with Crippen LogP contribution in [-0.4, -0.2) is 20.7 Å². The van der Waals surface area contributed by atoms with Gasteiger partial charge < -0.3 is 5.32 Å². The monoisotopic (exact) mass is 354 g/mol. The fourth-order valence-electron chi connectivity index (χ4n) is 2.74. The lowest BCUT2D eigenvalue weighted by Gasteiger charge is -2.18. The van der Waals surface area contributed by atoms with Crippen LogP contribution in [-0.2, 0) is 17.8 Å². The average molecular weight is 354 g/mol.